The summed E-state index contributed by atoms with van der Waals surface area (Å²) >= 11 is 0. The van der Waals surface area contributed by atoms with Gasteiger partial charge in [0, 0.05) is 20.1 Å². The molecule has 0 aliphatic rings. The molecule has 16 heavy (non-hydrogen) atoms. The maximum absolute atomic E-state index is 11.9. The molecule has 0 radical (unpaired) electrons. The van der Waals surface area contributed by atoms with Gasteiger partial charge in [-0.1, -0.05) is 0 Å². The first-order chi connectivity index (χ1) is 7.23. The van der Waals surface area contributed by atoms with Gasteiger partial charge in [-0.2, -0.15) is 17.0 Å². The molecule has 0 aromatic rings. The normalized spacial score (nSPS) is 12.5. The first-order valence-corrected chi connectivity index (χ1v) is 6.48. The zero-order valence-electron chi connectivity index (χ0n) is 10.4. The maximum Gasteiger partial charge on any atom is 0.321 e. The van der Waals surface area contributed by atoms with Crippen LogP contribution < -0.4 is 0 Å². The molecule has 96 valence electrons. The standard InChI is InChI=1S/C9H20N2O4S/c1-6-15-9(12)7-11(8(2)3)16(13,14)10(4)5/h8H,6-7H2,1-5H3. The number of hydrogen-bond donors (Lipinski definition) is 0. The fourth-order valence-corrected chi connectivity index (χ4v) is 2.30. The summed E-state index contributed by atoms with van der Waals surface area (Å²) in [5, 5.41) is 0. The van der Waals surface area contributed by atoms with Crippen molar-refractivity contribution in [2.24, 2.45) is 0 Å². The monoisotopic (exact) mass is 252 g/mol. The number of rotatable bonds is 6. The number of esters is 1. The van der Waals surface area contributed by atoms with E-state index in [1.165, 1.54) is 14.1 Å². The number of ether oxygens (including phenoxy) is 1. The summed E-state index contributed by atoms with van der Waals surface area (Å²) in [5.41, 5.74) is 0. The van der Waals surface area contributed by atoms with E-state index >= 15 is 0 Å². The van der Waals surface area contributed by atoms with Crippen LogP contribution in [0.2, 0.25) is 0 Å². The van der Waals surface area contributed by atoms with Crippen LogP contribution >= 0.6 is 0 Å². The molecule has 0 amide bonds. The largest absolute Gasteiger partial charge is 0.465 e. The summed E-state index contributed by atoms with van der Waals surface area (Å²) in [6.45, 7) is 5.08. The van der Waals surface area contributed by atoms with Crippen molar-refractivity contribution in [3.63, 3.8) is 0 Å². The van der Waals surface area contributed by atoms with E-state index in [1.807, 2.05) is 0 Å². The number of hydrogen-bond acceptors (Lipinski definition) is 4. The third-order valence-electron chi connectivity index (χ3n) is 1.92. The van der Waals surface area contributed by atoms with E-state index in [9.17, 15) is 13.2 Å². The van der Waals surface area contributed by atoms with Crippen molar-refractivity contribution in [3.8, 4) is 0 Å². The molecule has 0 saturated carbocycles. The Morgan fingerprint density at radius 3 is 2.12 bits per heavy atom. The minimum Gasteiger partial charge on any atom is -0.465 e. The van der Waals surface area contributed by atoms with Gasteiger partial charge < -0.3 is 4.74 Å². The topological polar surface area (TPSA) is 66.9 Å². The van der Waals surface area contributed by atoms with Gasteiger partial charge in [0.05, 0.1) is 6.61 Å². The van der Waals surface area contributed by atoms with Crippen LogP contribution in [0.4, 0.5) is 0 Å². The predicted octanol–water partition coefficient (Wildman–Crippen LogP) is 0.0663. The van der Waals surface area contributed by atoms with E-state index in [2.05, 4.69) is 0 Å². The van der Waals surface area contributed by atoms with Crippen LogP contribution in [0.5, 0.6) is 0 Å². The van der Waals surface area contributed by atoms with Crippen molar-refractivity contribution in [1.29, 1.82) is 0 Å². The molecule has 0 fully saturated rings. The molecule has 6 nitrogen and oxygen atoms in total. The minimum atomic E-state index is -3.59. The lowest BCUT2D eigenvalue weighted by Crippen LogP contribution is -2.46. The van der Waals surface area contributed by atoms with Gasteiger partial charge in [-0.05, 0) is 20.8 Å². The molecular formula is C9H20N2O4S. The van der Waals surface area contributed by atoms with Gasteiger partial charge in [0.1, 0.15) is 6.54 Å². The van der Waals surface area contributed by atoms with Crippen LogP contribution in [0.15, 0.2) is 0 Å². The zero-order chi connectivity index (χ0) is 12.9. The van der Waals surface area contributed by atoms with Crippen molar-refractivity contribution >= 4 is 16.2 Å². The third kappa shape index (κ3) is 4.07. The van der Waals surface area contributed by atoms with Crippen molar-refractivity contribution in [1.82, 2.24) is 8.61 Å². The second-order valence-corrected chi connectivity index (χ2v) is 5.83. The lowest BCUT2D eigenvalue weighted by molar-refractivity contribution is -0.143. The van der Waals surface area contributed by atoms with Crippen molar-refractivity contribution < 1.29 is 17.9 Å². The smallest absolute Gasteiger partial charge is 0.321 e. The summed E-state index contributed by atoms with van der Waals surface area (Å²) in [4.78, 5) is 11.3. The third-order valence-corrected chi connectivity index (χ3v) is 3.99. The van der Waals surface area contributed by atoms with Crippen LogP contribution in [-0.2, 0) is 19.7 Å². The van der Waals surface area contributed by atoms with E-state index < -0.39 is 16.2 Å². The van der Waals surface area contributed by atoms with E-state index in [0.29, 0.717) is 0 Å². The van der Waals surface area contributed by atoms with E-state index in [-0.39, 0.29) is 19.2 Å². The summed E-state index contributed by atoms with van der Waals surface area (Å²) in [5.74, 6) is -0.540. The van der Waals surface area contributed by atoms with E-state index in [1.54, 1.807) is 20.8 Å². The van der Waals surface area contributed by atoms with E-state index in [4.69, 9.17) is 4.74 Å². The Morgan fingerprint density at radius 2 is 1.81 bits per heavy atom. The first-order valence-electron chi connectivity index (χ1n) is 5.08. The second-order valence-electron chi connectivity index (χ2n) is 3.73. The van der Waals surface area contributed by atoms with Gasteiger partial charge in [0.25, 0.3) is 10.2 Å². The Labute approximate surface area is 97.3 Å². The Balaban J connectivity index is 4.84. The van der Waals surface area contributed by atoms with Crippen molar-refractivity contribution in [3.05, 3.63) is 0 Å². The Bertz CT molecular complexity index is 324. The molecule has 0 bridgehead atoms. The Kier molecular flexibility index (Phi) is 5.91. The fourth-order valence-electron chi connectivity index (χ4n) is 1.07. The van der Waals surface area contributed by atoms with Gasteiger partial charge in [-0.3, -0.25) is 4.79 Å². The number of nitrogens with zero attached hydrogens (tertiary/aromatic N) is 2. The lowest BCUT2D eigenvalue weighted by atomic mass is 10.4. The van der Waals surface area contributed by atoms with Crippen molar-refractivity contribution in [2.75, 3.05) is 27.2 Å². The van der Waals surface area contributed by atoms with Crippen LogP contribution in [0.1, 0.15) is 20.8 Å². The SMILES string of the molecule is CCOC(=O)CN(C(C)C)S(=O)(=O)N(C)C. The van der Waals surface area contributed by atoms with Crippen LogP contribution in [0.25, 0.3) is 0 Å². The number of carbonyl (C=O) groups excluding carboxylic acids is 1. The first kappa shape index (κ1) is 15.3. The highest BCUT2D eigenvalue weighted by Gasteiger charge is 2.29. The molecule has 0 aromatic heterocycles. The molecule has 0 saturated heterocycles. The zero-order valence-corrected chi connectivity index (χ0v) is 11.2. The van der Waals surface area contributed by atoms with Gasteiger partial charge in [-0.25, -0.2) is 0 Å². The molecule has 0 rings (SSSR count). The minimum absolute atomic E-state index is 0.243. The second kappa shape index (κ2) is 6.17. The van der Waals surface area contributed by atoms with Crippen LogP contribution in [0.3, 0.4) is 0 Å². The fraction of sp³-hybridized carbons (Fsp3) is 0.889. The Morgan fingerprint density at radius 1 is 1.31 bits per heavy atom. The van der Waals surface area contributed by atoms with E-state index in [0.717, 1.165) is 8.61 Å². The van der Waals surface area contributed by atoms with Gasteiger partial charge in [-0.15, -0.1) is 0 Å². The highest BCUT2D eigenvalue weighted by Crippen LogP contribution is 2.09. The number of carbonyl (C=O) groups is 1. The lowest BCUT2D eigenvalue weighted by Gasteiger charge is -2.27. The average molecular weight is 252 g/mol. The maximum atomic E-state index is 11.9. The summed E-state index contributed by atoms with van der Waals surface area (Å²) in [6, 6.07) is -0.295. The quantitative estimate of drug-likeness (QED) is 0.627. The van der Waals surface area contributed by atoms with Crippen molar-refractivity contribution in [2.45, 2.75) is 26.8 Å². The molecular weight excluding hydrogens is 232 g/mol. The van der Waals surface area contributed by atoms with Gasteiger partial charge in [0.15, 0.2) is 0 Å². The summed E-state index contributed by atoms with van der Waals surface area (Å²) in [7, 11) is -0.733. The molecule has 0 aliphatic carbocycles. The summed E-state index contributed by atoms with van der Waals surface area (Å²) < 4.78 is 30.6. The molecule has 0 aromatic carbocycles. The molecule has 0 atom stereocenters. The molecule has 0 N–H and O–H groups in total. The molecule has 0 aliphatic heterocycles. The molecule has 0 spiro atoms. The molecule has 0 heterocycles. The highest BCUT2D eigenvalue weighted by molar-refractivity contribution is 7.86. The summed E-state index contributed by atoms with van der Waals surface area (Å²) in [6.07, 6.45) is 0. The predicted molar refractivity (Wildman–Crippen MR) is 61.1 cm³/mol. The average Bonchev–Trinajstić information content (AvgIpc) is 2.13. The van der Waals surface area contributed by atoms with Gasteiger partial charge in [0.2, 0.25) is 0 Å². The molecule has 7 heteroatoms. The van der Waals surface area contributed by atoms with Gasteiger partial charge >= 0.3 is 5.97 Å². The highest BCUT2D eigenvalue weighted by atomic mass is 32.2. The van der Waals surface area contributed by atoms with Crippen LogP contribution in [-0.4, -0.2) is 56.3 Å². The van der Waals surface area contributed by atoms with Crippen LogP contribution in [0, 0.1) is 0 Å². The Hall–Kier alpha value is -0.660. The molecule has 0 unspecified atom stereocenters.